The summed E-state index contributed by atoms with van der Waals surface area (Å²) in [5.74, 6) is 1.51. The van der Waals surface area contributed by atoms with Crippen molar-refractivity contribution in [2.24, 2.45) is 5.92 Å². The Labute approximate surface area is 85.7 Å². The van der Waals surface area contributed by atoms with Crippen molar-refractivity contribution in [3.63, 3.8) is 0 Å². The summed E-state index contributed by atoms with van der Waals surface area (Å²) in [6.07, 6.45) is 1.13. The predicted octanol–water partition coefficient (Wildman–Crippen LogP) is 2.43. The predicted molar refractivity (Wildman–Crippen MR) is 61.3 cm³/mol. The van der Waals surface area contributed by atoms with Gasteiger partial charge in [0.1, 0.15) is 5.82 Å². The van der Waals surface area contributed by atoms with E-state index in [4.69, 9.17) is 5.73 Å². The van der Waals surface area contributed by atoms with Crippen LogP contribution in [0.1, 0.15) is 26.0 Å². The van der Waals surface area contributed by atoms with Crippen LogP contribution in [0.3, 0.4) is 0 Å². The molecule has 3 nitrogen and oxygen atoms in total. The molecule has 0 aromatic carbocycles. The average molecular weight is 193 g/mol. The third-order valence-electron chi connectivity index (χ3n) is 2.08. The molecule has 0 aliphatic heterocycles. The largest absolute Gasteiger partial charge is 0.396 e. The molecule has 1 rings (SSSR count). The van der Waals surface area contributed by atoms with Gasteiger partial charge in [-0.05, 0) is 31.4 Å². The van der Waals surface area contributed by atoms with E-state index in [1.165, 1.54) is 0 Å². The number of nitrogens with two attached hydrogens (primary N) is 1. The van der Waals surface area contributed by atoms with E-state index in [2.05, 4.69) is 24.1 Å². The smallest absolute Gasteiger partial charge is 0.149 e. The molecule has 0 saturated heterocycles. The Kier molecular flexibility index (Phi) is 3.74. The fraction of sp³-hybridized carbons (Fsp3) is 0.545. The summed E-state index contributed by atoms with van der Waals surface area (Å²) in [7, 11) is 0. The molecule has 1 aromatic heterocycles. The summed E-state index contributed by atoms with van der Waals surface area (Å²) in [5, 5.41) is 3.25. The van der Waals surface area contributed by atoms with Crippen LogP contribution in [0.2, 0.25) is 0 Å². The van der Waals surface area contributed by atoms with Gasteiger partial charge in [0.25, 0.3) is 0 Å². The molecular weight excluding hydrogens is 174 g/mol. The molecule has 0 fully saturated rings. The molecule has 78 valence electrons. The van der Waals surface area contributed by atoms with Gasteiger partial charge in [0.15, 0.2) is 0 Å². The molecule has 0 saturated carbocycles. The maximum absolute atomic E-state index is 5.78. The summed E-state index contributed by atoms with van der Waals surface area (Å²) in [6.45, 7) is 7.30. The van der Waals surface area contributed by atoms with Crippen molar-refractivity contribution in [2.75, 3.05) is 17.6 Å². The number of anilines is 2. The van der Waals surface area contributed by atoms with Crippen molar-refractivity contribution >= 4 is 11.5 Å². The second-order valence-corrected chi connectivity index (χ2v) is 4.00. The molecule has 3 heteroatoms. The number of nitrogen functional groups attached to an aromatic ring is 1. The Morgan fingerprint density at radius 1 is 1.43 bits per heavy atom. The van der Waals surface area contributed by atoms with E-state index < -0.39 is 0 Å². The van der Waals surface area contributed by atoms with E-state index in [1.54, 1.807) is 0 Å². The summed E-state index contributed by atoms with van der Waals surface area (Å²) in [5.41, 5.74) is 7.49. The van der Waals surface area contributed by atoms with Crippen LogP contribution in [0.4, 0.5) is 11.5 Å². The highest BCUT2D eigenvalue weighted by Crippen LogP contribution is 2.15. The lowest BCUT2D eigenvalue weighted by Crippen LogP contribution is -2.08. The number of aryl methyl sites for hydroxylation is 1. The monoisotopic (exact) mass is 193 g/mol. The van der Waals surface area contributed by atoms with Crippen LogP contribution in [0, 0.1) is 12.8 Å². The maximum atomic E-state index is 5.78. The van der Waals surface area contributed by atoms with Crippen molar-refractivity contribution < 1.29 is 0 Å². The van der Waals surface area contributed by atoms with Crippen LogP contribution in [-0.4, -0.2) is 11.5 Å². The minimum atomic E-state index is 0.702. The zero-order chi connectivity index (χ0) is 10.6. The highest BCUT2D eigenvalue weighted by molar-refractivity contribution is 5.61. The van der Waals surface area contributed by atoms with Gasteiger partial charge in [0, 0.05) is 12.2 Å². The second-order valence-electron chi connectivity index (χ2n) is 4.00. The first-order valence-electron chi connectivity index (χ1n) is 5.06. The molecule has 14 heavy (non-hydrogen) atoms. The fourth-order valence-electron chi connectivity index (χ4n) is 1.19. The first-order chi connectivity index (χ1) is 6.59. The number of pyridine rings is 1. The third-order valence-corrected chi connectivity index (χ3v) is 2.08. The minimum absolute atomic E-state index is 0.702. The van der Waals surface area contributed by atoms with Crippen molar-refractivity contribution in [2.45, 2.75) is 27.2 Å². The van der Waals surface area contributed by atoms with Gasteiger partial charge in [-0.1, -0.05) is 13.8 Å². The van der Waals surface area contributed by atoms with Gasteiger partial charge in [-0.3, -0.25) is 0 Å². The van der Waals surface area contributed by atoms with Crippen molar-refractivity contribution in [3.05, 3.63) is 17.8 Å². The first-order valence-corrected chi connectivity index (χ1v) is 5.06. The lowest BCUT2D eigenvalue weighted by Gasteiger charge is -2.10. The molecule has 0 unspecified atom stereocenters. The van der Waals surface area contributed by atoms with Crippen molar-refractivity contribution in [1.82, 2.24) is 4.98 Å². The number of hydrogen-bond donors (Lipinski definition) is 2. The van der Waals surface area contributed by atoms with Gasteiger partial charge in [-0.15, -0.1) is 0 Å². The molecule has 0 bridgehead atoms. The molecule has 0 aliphatic rings. The summed E-state index contributed by atoms with van der Waals surface area (Å²) in [6, 6.07) is 3.81. The van der Waals surface area contributed by atoms with E-state index in [0.29, 0.717) is 5.92 Å². The maximum Gasteiger partial charge on any atom is 0.149 e. The average Bonchev–Trinajstić information content (AvgIpc) is 2.10. The van der Waals surface area contributed by atoms with Gasteiger partial charge in [0.2, 0.25) is 0 Å². The Morgan fingerprint density at radius 3 is 2.79 bits per heavy atom. The number of aromatic nitrogens is 1. The molecule has 0 amide bonds. The van der Waals surface area contributed by atoms with Crippen LogP contribution in [-0.2, 0) is 0 Å². The van der Waals surface area contributed by atoms with Gasteiger partial charge in [0.05, 0.1) is 5.69 Å². The quantitative estimate of drug-likeness (QED) is 0.772. The normalized spacial score (nSPS) is 10.6. The lowest BCUT2D eigenvalue weighted by atomic mass is 10.1. The Hall–Kier alpha value is -1.25. The third kappa shape index (κ3) is 3.24. The number of nitrogens with zero attached hydrogens (tertiary/aromatic N) is 1. The zero-order valence-electron chi connectivity index (χ0n) is 9.17. The highest BCUT2D eigenvalue weighted by atomic mass is 15.0. The molecule has 0 atom stereocenters. The molecule has 0 aliphatic carbocycles. The zero-order valence-corrected chi connectivity index (χ0v) is 9.17. The fourth-order valence-corrected chi connectivity index (χ4v) is 1.19. The van der Waals surface area contributed by atoms with Gasteiger partial charge >= 0.3 is 0 Å². The highest BCUT2D eigenvalue weighted by Gasteiger charge is 2.00. The van der Waals surface area contributed by atoms with Crippen LogP contribution in [0.15, 0.2) is 12.1 Å². The SMILES string of the molecule is Cc1ccc(N)c(NCCC(C)C)n1. The van der Waals surface area contributed by atoms with Crippen molar-refractivity contribution in [3.8, 4) is 0 Å². The van der Waals surface area contributed by atoms with E-state index in [1.807, 2.05) is 19.1 Å². The Morgan fingerprint density at radius 2 is 2.14 bits per heavy atom. The molecule has 1 heterocycles. The van der Waals surface area contributed by atoms with E-state index >= 15 is 0 Å². The lowest BCUT2D eigenvalue weighted by molar-refractivity contribution is 0.606. The van der Waals surface area contributed by atoms with Crippen LogP contribution in [0.5, 0.6) is 0 Å². The van der Waals surface area contributed by atoms with Crippen LogP contribution in [0.25, 0.3) is 0 Å². The number of rotatable bonds is 4. The second kappa shape index (κ2) is 4.84. The Bertz CT molecular complexity index is 295. The summed E-state index contributed by atoms with van der Waals surface area (Å²) >= 11 is 0. The number of nitrogens with one attached hydrogen (secondary N) is 1. The van der Waals surface area contributed by atoms with E-state index in [0.717, 1.165) is 30.2 Å². The molecule has 0 radical (unpaired) electrons. The standard InChI is InChI=1S/C11H19N3/c1-8(2)6-7-13-11-10(12)5-4-9(3)14-11/h4-5,8H,6-7,12H2,1-3H3,(H,13,14). The van der Waals surface area contributed by atoms with Gasteiger partial charge in [-0.25, -0.2) is 4.98 Å². The first kappa shape index (κ1) is 10.8. The van der Waals surface area contributed by atoms with E-state index in [-0.39, 0.29) is 0 Å². The van der Waals surface area contributed by atoms with E-state index in [9.17, 15) is 0 Å². The molecule has 3 N–H and O–H groups in total. The van der Waals surface area contributed by atoms with Crippen LogP contribution < -0.4 is 11.1 Å². The topological polar surface area (TPSA) is 50.9 Å². The Balaban J connectivity index is 2.53. The molecule has 1 aromatic rings. The minimum Gasteiger partial charge on any atom is -0.396 e. The van der Waals surface area contributed by atoms with Gasteiger partial charge < -0.3 is 11.1 Å². The van der Waals surface area contributed by atoms with Crippen LogP contribution >= 0.6 is 0 Å². The number of hydrogen-bond acceptors (Lipinski definition) is 3. The molecule has 0 spiro atoms. The molecular formula is C11H19N3. The summed E-state index contributed by atoms with van der Waals surface area (Å²) in [4.78, 5) is 4.33. The van der Waals surface area contributed by atoms with Crippen molar-refractivity contribution in [1.29, 1.82) is 0 Å². The van der Waals surface area contributed by atoms with Gasteiger partial charge in [-0.2, -0.15) is 0 Å². The summed E-state index contributed by atoms with van der Waals surface area (Å²) < 4.78 is 0.